The van der Waals surface area contributed by atoms with Crippen molar-refractivity contribution in [1.82, 2.24) is 0 Å². The summed E-state index contributed by atoms with van der Waals surface area (Å²) in [7, 11) is 1.63. The number of rotatable bonds is 7. The van der Waals surface area contributed by atoms with E-state index in [4.69, 9.17) is 14.6 Å². The van der Waals surface area contributed by atoms with E-state index in [-0.39, 0.29) is 12.3 Å². The first-order valence-electron chi connectivity index (χ1n) is 7.23. The molecule has 0 radical (unpaired) electrons. The summed E-state index contributed by atoms with van der Waals surface area (Å²) in [5.41, 5.74) is 1.05. The van der Waals surface area contributed by atoms with Gasteiger partial charge in [-0.05, 0) is 55.2 Å². The molecule has 0 spiro atoms. The fraction of sp³-hybridized carbons (Fsp3) is 0.562. The minimum absolute atomic E-state index is 0.0939. The average molecular weight is 276 g/mol. The van der Waals surface area contributed by atoms with E-state index in [9.17, 15) is 4.79 Å². The molecule has 20 heavy (non-hydrogen) atoms. The highest BCUT2D eigenvalue weighted by Gasteiger charge is 2.34. The van der Waals surface area contributed by atoms with Gasteiger partial charge in [0.2, 0.25) is 0 Å². The van der Waals surface area contributed by atoms with Gasteiger partial charge >= 0.3 is 5.97 Å². The van der Waals surface area contributed by atoms with Crippen LogP contribution < -0.4 is 9.47 Å². The number of hydrogen-bond acceptors (Lipinski definition) is 3. The lowest BCUT2D eigenvalue weighted by atomic mass is 9.91. The van der Waals surface area contributed by atoms with Crippen LogP contribution >= 0.6 is 0 Å². The molecule has 108 valence electrons. The molecule has 0 aliphatic heterocycles. The maximum absolute atomic E-state index is 11.0. The standard InChI is InChI=1S/C16H20O4/c1-19-15-8-11(4-7-14(15)20-12-5-6-12)13(9-16(17)18)10-2-3-10/h4,7-8,10,12-13H,2-3,5-6,9H2,1H3,(H,17,18). The molecule has 1 N–H and O–H groups in total. The van der Waals surface area contributed by atoms with Gasteiger partial charge in [0.15, 0.2) is 11.5 Å². The molecule has 2 fully saturated rings. The number of methoxy groups -OCH3 is 1. The second-order valence-electron chi connectivity index (χ2n) is 5.77. The predicted octanol–water partition coefficient (Wildman–Crippen LogP) is 3.20. The quantitative estimate of drug-likeness (QED) is 0.831. The first-order valence-corrected chi connectivity index (χ1v) is 7.23. The van der Waals surface area contributed by atoms with E-state index < -0.39 is 5.97 Å². The van der Waals surface area contributed by atoms with E-state index in [2.05, 4.69) is 0 Å². The number of ether oxygens (including phenoxy) is 2. The van der Waals surface area contributed by atoms with Crippen molar-refractivity contribution >= 4 is 5.97 Å². The van der Waals surface area contributed by atoms with Gasteiger partial charge in [0.1, 0.15) is 0 Å². The van der Waals surface area contributed by atoms with Crippen LogP contribution in [0, 0.1) is 5.92 Å². The second-order valence-corrected chi connectivity index (χ2v) is 5.77. The Morgan fingerprint density at radius 1 is 1.30 bits per heavy atom. The van der Waals surface area contributed by atoms with Crippen LogP contribution in [-0.2, 0) is 4.79 Å². The van der Waals surface area contributed by atoms with Crippen LogP contribution in [0.1, 0.15) is 43.6 Å². The third-order valence-electron chi connectivity index (χ3n) is 4.02. The SMILES string of the molecule is COc1cc(C(CC(=O)O)C2CC2)ccc1OC1CC1. The Hall–Kier alpha value is -1.71. The Balaban J connectivity index is 1.82. The maximum Gasteiger partial charge on any atom is 0.303 e. The molecule has 1 unspecified atom stereocenters. The summed E-state index contributed by atoms with van der Waals surface area (Å²) in [4.78, 5) is 11.0. The molecular formula is C16H20O4. The normalized spacial score (nSPS) is 19.4. The highest BCUT2D eigenvalue weighted by molar-refractivity contribution is 5.68. The fourth-order valence-corrected chi connectivity index (χ4v) is 2.62. The van der Waals surface area contributed by atoms with Crippen molar-refractivity contribution in [2.75, 3.05) is 7.11 Å². The van der Waals surface area contributed by atoms with Gasteiger partial charge in [-0.3, -0.25) is 4.79 Å². The predicted molar refractivity (Wildman–Crippen MR) is 74.4 cm³/mol. The number of carboxylic acids is 1. The molecule has 0 bridgehead atoms. The molecule has 3 rings (SSSR count). The van der Waals surface area contributed by atoms with Crippen LogP contribution in [-0.4, -0.2) is 24.3 Å². The van der Waals surface area contributed by atoms with Gasteiger partial charge in [-0.25, -0.2) is 0 Å². The summed E-state index contributed by atoms with van der Waals surface area (Å²) in [6.07, 6.45) is 4.98. The number of aliphatic carboxylic acids is 1. The molecule has 1 atom stereocenters. The van der Waals surface area contributed by atoms with Crippen LogP contribution in [0.5, 0.6) is 11.5 Å². The fourth-order valence-electron chi connectivity index (χ4n) is 2.62. The molecule has 2 aliphatic rings. The van der Waals surface area contributed by atoms with Crippen molar-refractivity contribution in [2.45, 2.75) is 44.1 Å². The molecule has 0 heterocycles. The van der Waals surface area contributed by atoms with Crippen molar-refractivity contribution in [3.8, 4) is 11.5 Å². The number of benzene rings is 1. The maximum atomic E-state index is 11.0. The molecule has 2 aliphatic carbocycles. The summed E-state index contributed by atoms with van der Waals surface area (Å²) < 4.78 is 11.2. The summed E-state index contributed by atoms with van der Waals surface area (Å²) >= 11 is 0. The van der Waals surface area contributed by atoms with Gasteiger partial charge in [-0.15, -0.1) is 0 Å². The molecule has 0 saturated heterocycles. The summed E-state index contributed by atoms with van der Waals surface area (Å²) in [6.45, 7) is 0. The zero-order valence-electron chi connectivity index (χ0n) is 11.7. The highest BCUT2D eigenvalue weighted by Crippen LogP contribution is 2.46. The van der Waals surface area contributed by atoms with Crippen molar-refractivity contribution in [2.24, 2.45) is 5.92 Å². The van der Waals surface area contributed by atoms with Crippen molar-refractivity contribution in [3.05, 3.63) is 23.8 Å². The Morgan fingerprint density at radius 3 is 2.60 bits per heavy atom. The molecule has 1 aromatic carbocycles. The Morgan fingerprint density at radius 2 is 2.05 bits per heavy atom. The number of hydrogen-bond donors (Lipinski definition) is 1. The Bertz CT molecular complexity index is 503. The van der Waals surface area contributed by atoms with Gasteiger partial charge in [0, 0.05) is 0 Å². The van der Waals surface area contributed by atoms with E-state index >= 15 is 0 Å². The van der Waals surface area contributed by atoms with Crippen LogP contribution in [0.2, 0.25) is 0 Å². The lowest BCUT2D eigenvalue weighted by Gasteiger charge is -2.17. The Kier molecular flexibility index (Phi) is 3.55. The summed E-state index contributed by atoms with van der Waals surface area (Å²) in [5.74, 6) is 1.34. The van der Waals surface area contributed by atoms with Crippen molar-refractivity contribution < 1.29 is 19.4 Å². The molecule has 4 heteroatoms. The largest absolute Gasteiger partial charge is 0.493 e. The minimum Gasteiger partial charge on any atom is -0.493 e. The summed E-state index contributed by atoms with van der Waals surface area (Å²) in [5, 5.41) is 9.07. The van der Waals surface area contributed by atoms with E-state index in [0.717, 1.165) is 37.0 Å². The topological polar surface area (TPSA) is 55.8 Å². The second kappa shape index (κ2) is 5.35. The lowest BCUT2D eigenvalue weighted by molar-refractivity contribution is -0.137. The van der Waals surface area contributed by atoms with Crippen LogP contribution in [0.25, 0.3) is 0 Å². The van der Waals surface area contributed by atoms with Gasteiger partial charge in [0.25, 0.3) is 0 Å². The summed E-state index contributed by atoms with van der Waals surface area (Å²) in [6, 6.07) is 5.86. The first kappa shape index (κ1) is 13.3. The van der Waals surface area contributed by atoms with Gasteiger partial charge in [0.05, 0.1) is 19.6 Å². The molecule has 0 aromatic heterocycles. The van der Waals surface area contributed by atoms with Crippen molar-refractivity contribution in [3.63, 3.8) is 0 Å². The molecule has 4 nitrogen and oxygen atoms in total. The van der Waals surface area contributed by atoms with E-state index in [1.807, 2.05) is 18.2 Å². The third-order valence-corrected chi connectivity index (χ3v) is 4.02. The third kappa shape index (κ3) is 3.06. The molecule has 0 amide bonds. The Labute approximate surface area is 118 Å². The highest BCUT2D eigenvalue weighted by atomic mass is 16.5. The minimum atomic E-state index is -0.737. The van der Waals surface area contributed by atoms with Gasteiger partial charge in [-0.1, -0.05) is 6.07 Å². The first-order chi connectivity index (χ1) is 9.67. The van der Waals surface area contributed by atoms with Crippen LogP contribution in [0.4, 0.5) is 0 Å². The smallest absolute Gasteiger partial charge is 0.303 e. The zero-order valence-corrected chi connectivity index (χ0v) is 11.7. The zero-order chi connectivity index (χ0) is 14.1. The van der Waals surface area contributed by atoms with Crippen molar-refractivity contribution in [1.29, 1.82) is 0 Å². The lowest BCUT2D eigenvalue weighted by Crippen LogP contribution is -2.09. The number of carbonyl (C=O) groups is 1. The van der Waals surface area contributed by atoms with Gasteiger partial charge < -0.3 is 14.6 Å². The monoisotopic (exact) mass is 276 g/mol. The molecular weight excluding hydrogens is 256 g/mol. The number of carboxylic acid groups (broad SMARTS) is 1. The average Bonchev–Trinajstić information content (AvgIpc) is 3.29. The van der Waals surface area contributed by atoms with Crippen LogP contribution in [0.3, 0.4) is 0 Å². The molecule has 1 aromatic rings. The molecule has 2 saturated carbocycles. The van der Waals surface area contributed by atoms with Crippen LogP contribution in [0.15, 0.2) is 18.2 Å². The van der Waals surface area contributed by atoms with E-state index in [1.54, 1.807) is 7.11 Å². The van der Waals surface area contributed by atoms with Gasteiger partial charge in [-0.2, -0.15) is 0 Å². The van der Waals surface area contributed by atoms with E-state index in [0.29, 0.717) is 17.8 Å². The van der Waals surface area contributed by atoms with E-state index in [1.165, 1.54) is 0 Å².